The van der Waals surface area contributed by atoms with E-state index >= 15 is 0 Å². The minimum absolute atomic E-state index is 0.193. The second-order valence-corrected chi connectivity index (χ2v) is 11.4. The van der Waals surface area contributed by atoms with Crippen molar-refractivity contribution in [3.05, 3.63) is 120 Å². The minimum atomic E-state index is -1.70. The van der Waals surface area contributed by atoms with Gasteiger partial charge in [-0.25, -0.2) is 14.4 Å². The van der Waals surface area contributed by atoms with E-state index in [-0.39, 0.29) is 31.9 Å². The van der Waals surface area contributed by atoms with Crippen molar-refractivity contribution in [1.29, 1.82) is 0 Å². The van der Waals surface area contributed by atoms with Gasteiger partial charge in [0.05, 0.1) is 6.61 Å². The van der Waals surface area contributed by atoms with Crippen LogP contribution in [0.2, 0.25) is 0 Å². The third kappa shape index (κ3) is 13.0. The number of aliphatic hydroxyl groups excluding tert-OH is 2. The van der Waals surface area contributed by atoms with E-state index in [1.54, 1.807) is 6.92 Å². The van der Waals surface area contributed by atoms with Gasteiger partial charge >= 0.3 is 23.8 Å². The topological polar surface area (TPSA) is 196 Å². The predicted octanol–water partition coefficient (Wildman–Crippen LogP) is 3.84. The number of nitrogens with one attached hydrogen (secondary N) is 1. The van der Waals surface area contributed by atoms with Gasteiger partial charge in [-0.2, -0.15) is 0 Å². The quantitative estimate of drug-likeness (QED) is 0.0847. The molecule has 0 spiro atoms. The van der Waals surface area contributed by atoms with E-state index in [9.17, 15) is 29.4 Å². The zero-order valence-corrected chi connectivity index (χ0v) is 27.1. The summed E-state index contributed by atoms with van der Waals surface area (Å²) in [5, 5.41) is 39.0. The summed E-state index contributed by atoms with van der Waals surface area (Å²) in [6, 6.07) is 34.3. The first-order valence-electron chi connectivity index (χ1n) is 15.8. The molecule has 0 bridgehead atoms. The Hall–Kier alpha value is -5.36. The lowest BCUT2D eigenvalue weighted by atomic mass is 9.98. The Kier molecular flexibility index (Phi) is 15.1. The molecule has 0 radical (unpaired) electrons. The van der Waals surface area contributed by atoms with E-state index in [4.69, 9.17) is 20.7 Å². The maximum atomic E-state index is 11.4. The molecule has 49 heavy (non-hydrogen) atoms. The number of esters is 1. The molecule has 7 N–H and O–H groups in total. The predicted molar refractivity (Wildman–Crippen MR) is 184 cm³/mol. The molecule has 4 rings (SSSR count). The van der Waals surface area contributed by atoms with Crippen molar-refractivity contribution in [1.82, 2.24) is 5.32 Å². The summed E-state index contributed by atoms with van der Waals surface area (Å²) in [4.78, 5) is 44.3. The monoisotopic (exact) mass is 670 g/mol. The Bertz CT molecular complexity index is 1630. The molecule has 4 atom stereocenters. The maximum absolute atomic E-state index is 11.4. The molecule has 2 unspecified atom stereocenters. The number of hydrogen-bond acceptors (Lipinski definition) is 8. The number of carbonyl (C=O) groups is 4. The van der Waals surface area contributed by atoms with Gasteiger partial charge in [0, 0.05) is 18.5 Å². The van der Waals surface area contributed by atoms with Gasteiger partial charge in [0.2, 0.25) is 0 Å². The molecule has 11 heteroatoms. The highest BCUT2D eigenvalue weighted by Gasteiger charge is 2.24. The summed E-state index contributed by atoms with van der Waals surface area (Å²) in [7, 11) is 0. The number of nitrogens with two attached hydrogens (primary N) is 1. The van der Waals surface area contributed by atoms with Crippen LogP contribution in [0.15, 0.2) is 109 Å². The van der Waals surface area contributed by atoms with Crippen molar-refractivity contribution >= 4 is 23.8 Å². The number of carboxylic acid groups (broad SMARTS) is 2. The SMILES string of the molecule is CCOC(=O)C(O)C[C@H](N)Cc1ccc(-c2ccccc2)cc1.O=C(O)C(=O)N[C@H](Cc1ccc(-c2ccccc2)cc1)CC(O)C(=O)O. The van der Waals surface area contributed by atoms with E-state index in [0.717, 1.165) is 27.8 Å². The van der Waals surface area contributed by atoms with Crippen molar-refractivity contribution < 1.29 is 44.3 Å². The number of benzene rings is 4. The molecule has 0 fully saturated rings. The van der Waals surface area contributed by atoms with Crippen LogP contribution in [0, 0.1) is 0 Å². The van der Waals surface area contributed by atoms with Crippen LogP contribution in [0.5, 0.6) is 0 Å². The number of amides is 1. The molecule has 4 aromatic rings. The number of carbonyl (C=O) groups excluding carboxylic acids is 2. The van der Waals surface area contributed by atoms with Crippen molar-refractivity contribution in [3.8, 4) is 22.3 Å². The van der Waals surface area contributed by atoms with Gasteiger partial charge in [-0.15, -0.1) is 0 Å². The third-order valence-corrected chi connectivity index (χ3v) is 7.51. The van der Waals surface area contributed by atoms with Gasteiger partial charge in [-0.05, 0) is 59.6 Å². The molecule has 1 amide bonds. The summed E-state index contributed by atoms with van der Waals surface area (Å²) in [5.41, 5.74) is 12.2. The van der Waals surface area contributed by atoms with Crippen molar-refractivity contribution in [2.75, 3.05) is 6.61 Å². The lowest BCUT2D eigenvalue weighted by molar-refractivity contribution is -0.153. The summed E-state index contributed by atoms with van der Waals surface area (Å²) in [5.74, 6) is -4.95. The molecule has 0 aliphatic carbocycles. The molecule has 0 saturated heterocycles. The molecular weight excluding hydrogens is 628 g/mol. The van der Waals surface area contributed by atoms with Crippen LogP contribution in [0.3, 0.4) is 0 Å². The number of aliphatic carboxylic acids is 2. The van der Waals surface area contributed by atoms with Crippen LogP contribution in [-0.4, -0.2) is 75.1 Å². The number of aliphatic hydroxyl groups is 2. The van der Waals surface area contributed by atoms with E-state index < -0.39 is 42.1 Å². The Morgan fingerprint density at radius 2 is 1.10 bits per heavy atom. The lowest BCUT2D eigenvalue weighted by Crippen LogP contribution is -2.43. The molecule has 0 aliphatic heterocycles. The highest BCUT2D eigenvalue weighted by Crippen LogP contribution is 2.21. The van der Waals surface area contributed by atoms with Gasteiger partial charge in [0.1, 0.15) is 0 Å². The number of ether oxygens (including phenoxy) is 1. The van der Waals surface area contributed by atoms with Gasteiger partial charge in [0.25, 0.3) is 0 Å². The van der Waals surface area contributed by atoms with Crippen LogP contribution in [0.1, 0.15) is 30.9 Å². The Balaban J connectivity index is 0.000000267. The first kappa shape index (κ1) is 38.1. The molecule has 0 heterocycles. The highest BCUT2D eigenvalue weighted by molar-refractivity contribution is 6.31. The third-order valence-electron chi connectivity index (χ3n) is 7.51. The second-order valence-electron chi connectivity index (χ2n) is 11.4. The zero-order chi connectivity index (χ0) is 35.8. The van der Waals surface area contributed by atoms with Crippen LogP contribution in [0.25, 0.3) is 22.3 Å². The Labute approximate surface area is 285 Å². The van der Waals surface area contributed by atoms with Gasteiger partial charge in [-0.1, -0.05) is 109 Å². The summed E-state index contributed by atoms with van der Waals surface area (Å²) >= 11 is 0. The van der Waals surface area contributed by atoms with E-state index in [0.29, 0.717) is 6.42 Å². The zero-order valence-electron chi connectivity index (χ0n) is 27.1. The van der Waals surface area contributed by atoms with Crippen molar-refractivity contribution in [3.63, 3.8) is 0 Å². The minimum Gasteiger partial charge on any atom is -0.479 e. The fourth-order valence-electron chi connectivity index (χ4n) is 5.03. The van der Waals surface area contributed by atoms with Crippen LogP contribution in [0.4, 0.5) is 0 Å². The van der Waals surface area contributed by atoms with Gasteiger partial charge in [0.15, 0.2) is 12.2 Å². The van der Waals surface area contributed by atoms with Crippen molar-refractivity contribution in [2.45, 2.75) is 56.9 Å². The number of carboxylic acids is 2. The first-order chi connectivity index (χ1) is 23.5. The first-order valence-corrected chi connectivity index (χ1v) is 15.8. The van der Waals surface area contributed by atoms with Crippen molar-refractivity contribution in [2.24, 2.45) is 5.73 Å². The summed E-state index contributed by atoms with van der Waals surface area (Å²) in [6.07, 6.45) is -2.16. The average Bonchev–Trinajstić information content (AvgIpc) is 3.10. The summed E-state index contributed by atoms with van der Waals surface area (Å²) in [6.45, 7) is 1.96. The smallest absolute Gasteiger partial charge is 0.394 e. The molecular formula is C38H42N2O9. The van der Waals surface area contributed by atoms with Crippen LogP contribution >= 0.6 is 0 Å². The number of hydrogen-bond donors (Lipinski definition) is 6. The van der Waals surface area contributed by atoms with E-state index in [2.05, 4.69) is 29.6 Å². The summed E-state index contributed by atoms with van der Waals surface area (Å²) < 4.78 is 4.77. The fraction of sp³-hybridized carbons (Fsp3) is 0.263. The molecule has 0 saturated carbocycles. The molecule has 0 aromatic heterocycles. The lowest BCUT2D eigenvalue weighted by Gasteiger charge is -2.19. The highest BCUT2D eigenvalue weighted by atomic mass is 16.5. The normalized spacial score (nSPS) is 13.1. The number of rotatable bonds is 14. The van der Waals surface area contributed by atoms with Gasteiger partial charge < -0.3 is 36.2 Å². The standard InChI is InChI=1S/C19H19NO6.C19H23NO3/c21-16(18(23)24)11-15(20-17(22)19(25)26)10-12-6-8-14(9-7-12)13-4-2-1-3-5-13;1-2-23-19(22)18(21)13-17(20)12-14-8-10-16(11-9-14)15-6-4-3-5-7-15/h1-9,15-16,21H,10-11H2,(H,20,22)(H,23,24)(H,25,26);3-11,17-18,21H,2,12-13,20H2,1H3/t15-,16?;17-,18?/m11/s1. The average molecular weight is 671 g/mol. The Morgan fingerprint density at radius 1 is 0.653 bits per heavy atom. The molecule has 258 valence electrons. The second kappa shape index (κ2) is 19.5. The van der Waals surface area contributed by atoms with Crippen LogP contribution in [-0.2, 0) is 36.8 Å². The Morgan fingerprint density at radius 3 is 1.53 bits per heavy atom. The van der Waals surface area contributed by atoms with Gasteiger partial charge in [-0.3, -0.25) is 4.79 Å². The van der Waals surface area contributed by atoms with E-state index in [1.807, 2.05) is 84.9 Å². The fourth-order valence-corrected chi connectivity index (χ4v) is 5.03. The largest absolute Gasteiger partial charge is 0.479 e. The maximum Gasteiger partial charge on any atom is 0.394 e. The van der Waals surface area contributed by atoms with E-state index in [1.165, 1.54) is 5.56 Å². The molecule has 0 aliphatic rings. The molecule has 4 aromatic carbocycles. The molecule has 11 nitrogen and oxygen atoms in total. The van der Waals surface area contributed by atoms with Crippen LogP contribution < -0.4 is 11.1 Å².